The van der Waals surface area contributed by atoms with Gasteiger partial charge in [-0.2, -0.15) is 0 Å². The predicted octanol–water partition coefficient (Wildman–Crippen LogP) is 3.51. The van der Waals surface area contributed by atoms with Gasteiger partial charge in [-0.3, -0.25) is 4.98 Å². The third-order valence-electron chi connectivity index (χ3n) is 2.88. The second kappa shape index (κ2) is 4.98. The van der Waals surface area contributed by atoms with E-state index >= 15 is 0 Å². The van der Waals surface area contributed by atoms with Crippen LogP contribution in [0.3, 0.4) is 0 Å². The molecule has 92 valence electrons. The van der Waals surface area contributed by atoms with Crippen molar-refractivity contribution in [2.75, 3.05) is 0 Å². The zero-order valence-electron chi connectivity index (χ0n) is 10.6. The van der Waals surface area contributed by atoms with Crippen molar-refractivity contribution in [3.63, 3.8) is 0 Å². The van der Waals surface area contributed by atoms with E-state index in [1.807, 2.05) is 61.8 Å². The largest absolute Gasteiger partial charge is 0.256 e. The number of aromatic nitrogens is 3. The van der Waals surface area contributed by atoms with Crippen molar-refractivity contribution in [2.24, 2.45) is 0 Å². The van der Waals surface area contributed by atoms with Crippen molar-refractivity contribution >= 4 is 0 Å². The van der Waals surface area contributed by atoms with Crippen molar-refractivity contribution in [2.45, 2.75) is 6.92 Å². The first-order valence-electron chi connectivity index (χ1n) is 6.13. The maximum absolute atomic E-state index is 4.33. The summed E-state index contributed by atoms with van der Waals surface area (Å²) in [6.45, 7) is 1.98. The van der Waals surface area contributed by atoms with E-state index in [0.717, 1.165) is 28.2 Å². The maximum atomic E-state index is 4.33. The average Bonchev–Trinajstić information content (AvgIpc) is 2.49. The number of benzene rings is 1. The van der Waals surface area contributed by atoms with Crippen LogP contribution >= 0.6 is 0 Å². The van der Waals surface area contributed by atoms with Gasteiger partial charge in [0.1, 0.15) is 0 Å². The third kappa shape index (κ3) is 2.50. The summed E-state index contributed by atoms with van der Waals surface area (Å²) in [6.07, 6.45) is 5.45. The quantitative estimate of drug-likeness (QED) is 0.695. The van der Waals surface area contributed by atoms with Gasteiger partial charge < -0.3 is 0 Å². The number of hydrogen-bond acceptors (Lipinski definition) is 3. The molecule has 2 heterocycles. The zero-order valence-corrected chi connectivity index (χ0v) is 10.6. The van der Waals surface area contributed by atoms with Crippen molar-refractivity contribution in [1.29, 1.82) is 0 Å². The summed E-state index contributed by atoms with van der Waals surface area (Å²) in [6, 6.07) is 14.0. The Morgan fingerprint density at radius 1 is 0.737 bits per heavy atom. The van der Waals surface area contributed by atoms with Crippen molar-refractivity contribution in [3.05, 3.63) is 66.6 Å². The fraction of sp³-hybridized carbons (Fsp3) is 0.0625. The number of nitrogens with zero attached hydrogens (tertiary/aromatic N) is 3. The Labute approximate surface area is 112 Å². The molecule has 3 heteroatoms. The zero-order chi connectivity index (χ0) is 13.1. The van der Waals surface area contributed by atoms with Crippen LogP contribution in [0.1, 0.15) is 5.56 Å². The molecule has 0 spiro atoms. The molecule has 0 radical (unpaired) electrons. The van der Waals surface area contributed by atoms with E-state index < -0.39 is 0 Å². The van der Waals surface area contributed by atoms with Crippen LogP contribution in [0.4, 0.5) is 0 Å². The van der Waals surface area contributed by atoms with Gasteiger partial charge in [0.2, 0.25) is 0 Å². The van der Waals surface area contributed by atoms with Gasteiger partial charge in [-0.05, 0) is 24.6 Å². The van der Waals surface area contributed by atoms with E-state index in [-0.39, 0.29) is 0 Å². The summed E-state index contributed by atoms with van der Waals surface area (Å²) in [7, 11) is 0. The van der Waals surface area contributed by atoms with E-state index in [4.69, 9.17) is 0 Å². The summed E-state index contributed by atoms with van der Waals surface area (Å²) in [4.78, 5) is 13.0. The monoisotopic (exact) mass is 247 g/mol. The van der Waals surface area contributed by atoms with Crippen LogP contribution < -0.4 is 0 Å². The normalized spacial score (nSPS) is 10.4. The molecule has 0 aliphatic rings. The van der Waals surface area contributed by atoms with E-state index in [9.17, 15) is 0 Å². The minimum atomic E-state index is 0.748. The molecule has 3 aromatic rings. The molecule has 0 fully saturated rings. The highest BCUT2D eigenvalue weighted by molar-refractivity contribution is 5.64. The number of pyridine rings is 1. The highest BCUT2D eigenvalue weighted by Crippen LogP contribution is 2.21. The molecule has 0 amide bonds. The molecule has 0 saturated heterocycles. The molecular weight excluding hydrogens is 234 g/mol. The third-order valence-corrected chi connectivity index (χ3v) is 2.88. The Hall–Kier alpha value is -2.55. The molecule has 0 atom stereocenters. The standard InChI is InChI=1S/C16H13N3/c1-12-10-18-16(19-11-12)14-7-5-13(6-8-14)15-4-2-3-9-17-15/h2-11H,1H3. The van der Waals surface area contributed by atoms with E-state index in [1.54, 1.807) is 6.20 Å². The molecule has 19 heavy (non-hydrogen) atoms. The molecule has 3 nitrogen and oxygen atoms in total. The van der Waals surface area contributed by atoms with Crippen molar-refractivity contribution < 1.29 is 0 Å². The predicted molar refractivity (Wildman–Crippen MR) is 75.4 cm³/mol. The minimum Gasteiger partial charge on any atom is -0.256 e. The highest BCUT2D eigenvalue weighted by atomic mass is 14.9. The van der Waals surface area contributed by atoms with Gasteiger partial charge >= 0.3 is 0 Å². The Balaban J connectivity index is 1.93. The lowest BCUT2D eigenvalue weighted by atomic mass is 10.1. The second-order valence-corrected chi connectivity index (χ2v) is 4.38. The Morgan fingerprint density at radius 3 is 2.05 bits per heavy atom. The second-order valence-electron chi connectivity index (χ2n) is 4.38. The molecule has 3 rings (SSSR count). The Bertz CT molecular complexity index is 659. The Morgan fingerprint density at radius 2 is 1.42 bits per heavy atom. The van der Waals surface area contributed by atoms with Crippen LogP contribution in [0.15, 0.2) is 61.1 Å². The van der Waals surface area contributed by atoms with Crippen LogP contribution in [-0.4, -0.2) is 15.0 Å². The molecule has 1 aromatic carbocycles. The summed E-state index contributed by atoms with van der Waals surface area (Å²) in [5.41, 5.74) is 4.14. The lowest BCUT2D eigenvalue weighted by Crippen LogP contribution is -1.89. The van der Waals surface area contributed by atoms with Crippen LogP contribution in [-0.2, 0) is 0 Å². The van der Waals surface area contributed by atoms with Gasteiger partial charge in [0.25, 0.3) is 0 Å². The first-order valence-corrected chi connectivity index (χ1v) is 6.13. The summed E-state index contributed by atoms with van der Waals surface area (Å²) < 4.78 is 0. The van der Waals surface area contributed by atoms with E-state index in [0.29, 0.717) is 0 Å². The lowest BCUT2D eigenvalue weighted by Gasteiger charge is -2.03. The van der Waals surface area contributed by atoms with Gasteiger partial charge in [-0.15, -0.1) is 0 Å². The summed E-state index contributed by atoms with van der Waals surface area (Å²) in [5, 5.41) is 0. The SMILES string of the molecule is Cc1cnc(-c2ccc(-c3ccccn3)cc2)nc1. The smallest absolute Gasteiger partial charge is 0.159 e. The molecule has 0 saturated carbocycles. The average molecular weight is 247 g/mol. The van der Waals surface area contributed by atoms with Crippen LogP contribution in [0.25, 0.3) is 22.6 Å². The van der Waals surface area contributed by atoms with Gasteiger partial charge in [0, 0.05) is 29.7 Å². The van der Waals surface area contributed by atoms with Crippen LogP contribution in [0.2, 0.25) is 0 Å². The summed E-state index contributed by atoms with van der Waals surface area (Å²) in [5.74, 6) is 0.748. The van der Waals surface area contributed by atoms with Gasteiger partial charge in [-0.25, -0.2) is 9.97 Å². The molecule has 0 unspecified atom stereocenters. The summed E-state index contributed by atoms with van der Waals surface area (Å²) >= 11 is 0. The first kappa shape index (κ1) is 11.5. The fourth-order valence-corrected chi connectivity index (χ4v) is 1.87. The van der Waals surface area contributed by atoms with Gasteiger partial charge in [-0.1, -0.05) is 30.3 Å². The molecule has 0 aliphatic carbocycles. The van der Waals surface area contributed by atoms with Gasteiger partial charge in [0.15, 0.2) is 5.82 Å². The van der Waals surface area contributed by atoms with Gasteiger partial charge in [0.05, 0.1) is 5.69 Å². The number of hydrogen-bond donors (Lipinski definition) is 0. The highest BCUT2D eigenvalue weighted by Gasteiger charge is 2.02. The fourth-order valence-electron chi connectivity index (χ4n) is 1.87. The molecular formula is C16H13N3. The molecule has 0 bridgehead atoms. The number of rotatable bonds is 2. The van der Waals surface area contributed by atoms with Crippen molar-refractivity contribution in [3.8, 4) is 22.6 Å². The van der Waals surface area contributed by atoms with E-state index in [2.05, 4.69) is 15.0 Å². The topological polar surface area (TPSA) is 38.7 Å². The molecule has 2 aromatic heterocycles. The van der Waals surface area contributed by atoms with Crippen LogP contribution in [0.5, 0.6) is 0 Å². The first-order chi connectivity index (χ1) is 9.33. The molecule has 0 N–H and O–H groups in total. The Kier molecular flexibility index (Phi) is 3.02. The number of aryl methyl sites for hydroxylation is 1. The molecule has 0 aliphatic heterocycles. The van der Waals surface area contributed by atoms with Crippen LogP contribution in [0, 0.1) is 6.92 Å². The minimum absolute atomic E-state index is 0.748. The van der Waals surface area contributed by atoms with E-state index in [1.165, 1.54) is 0 Å². The lowest BCUT2D eigenvalue weighted by molar-refractivity contribution is 1.14. The van der Waals surface area contributed by atoms with Crippen molar-refractivity contribution in [1.82, 2.24) is 15.0 Å². The maximum Gasteiger partial charge on any atom is 0.159 e.